The van der Waals surface area contributed by atoms with Crippen LogP contribution < -0.4 is 10.2 Å². The van der Waals surface area contributed by atoms with E-state index < -0.39 is 0 Å². The molecule has 5 heteroatoms. The molecule has 0 aromatic heterocycles. The van der Waals surface area contributed by atoms with Gasteiger partial charge in [-0.3, -0.25) is 9.69 Å². The van der Waals surface area contributed by atoms with Crippen LogP contribution in [0.15, 0.2) is 84.9 Å². The number of ether oxygens (including phenoxy) is 1. The molecular weight excluding hydrogens is 446 g/mol. The number of benzene rings is 3. The van der Waals surface area contributed by atoms with E-state index >= 15 is 0 Å². The van der Waals surface area contributed by atoms with Crippen LogP contribution in [-0.4, -0.2) is 63.8 Å². The molecule has 1 amide bonds. The minimum absolute atomic E-state index is 0.0716. The van der Waals surface area contributed by atoms with Crippen LogP contribution in [-0.2, 0) is 16.0 Å². The Morgan fingerprint density at radius 3 is 2.08 bits per heavy atom. The van der Waals surface area contributed by atoms with Crippen molar-refractivity contribution in [3.05, 3.63) is 102 Å². The Hall–Kier alpha value is -3.15. The Morgan fingerprint density at radius 2 is 1.44 bits per heavy atom. The van der Waals surface area contributed by atoms with Crippen molar-refractivity contribution in [1.82, 2.24) is 10.2 Å². The summed E-state index contributed by atoms with van der Waals surface area (Å²) in [5.74, 6) is -0.206. The number of hydrogen-bond donors (Lipinski definition) is 1. The average Bonchev–Trinajstić information content (AvgIpc) is 2.93. The van der Waals surface area contributed by atoms with E-state index in [9.17, 15) is 4.79 Å². The first-order chi connectivity index (χ1) is 17.8. The summed E-state index contributed by atoms with van der Waals surface area (Å²) in [6.45, 7) is 6.68. The normalized spacial score (nSPS) is 14.2. The molecule has 190 valence electrons. The topological polar surface area (TPSA) is 44.8 Å². The zero-order chi connectivity index (χ0) is 25.0. The molecule has 3 aromatic carbocycles. The number of hydrogen-bond acceptors (Lipinski definition) is 4. The standard InChI is InChI=1S/C31H39N3O2/c1-36-25-10-17-26-12-8-9-18-29(26)34-23-21-33(22-24-34)20-11-19-32-31(35)30(27-13-4-2-5-14-27)28-15-6-3-7-16-28/h2-9,12-16,18,30H,10-11,17,19-25H2,1H3,(H,32,35). The van der Waals surface area contributed by atoms with Crippen molar-refractivity contribution in [2.45, 2.75) is 25.2 Å². The van der Waals surface area contributed by atoms with Gasteiger partial charge in [0.25, 0.3) is 0 Å². The summed E-state index contributed by atoms with van der Waals surface area (Å²) in [6, 6.07) is 28.9. The highest BCUT2D eigenvalue weighted by molar-refractivity contribution is 5.87. The first kappa shape index (κ1) is 25.9. The molecule has 3 aromatic rings. The SMILES string of the molecule is COCCCc1ccccc1N1CCN(CCCNC(=O)C(c2ccccc2)c2ccccc2)CC1. The fourth-order valence-electron chi connectivity index (χ4n) is 5.05. The van der Waals surface area contributed by atoms with Crippen LogP contribution in [0.25, 0.3) is 0 Å². The van der Waals surface area contributed by atoms with Crippen molar-refractivity contribution in [2.24, 2.45) is 0 Å². The Bertz CT molecular complexity index is 1010. The van der Waals surface area contributed by atoms with Gasteiger partial charge in [0, 0.05) is 52.1 Å². The maximum atomic E-state index is 13.2. The van der Waals surface area contributed by atoms with Gasteiger partial charge in [0.2, 0.25) is 5.91 Å². The summed E-state index contributed by atoms with van der Waals surface area (Å²) in [4.78, 5) is 18.2. The minimum atomic E-state index is -0.278. The van der Waals surface area contributed by atoms with Crippen LogP contribution in [0.2, 0.25) is 0 Å². The number of rotatable bonds is 12. The van der Waals surface area contributed by atoms with E-state index in [0.717, 1.165) is 69.7 Å². The van der Waals surface area contributed by atoms with Crippen molar-refractivity contribution >= 4 is 11.6 Å². The Balaban J connectivity index is 1.23. The number of nitrogens with one attached hydrogen (secondary N) is 1. The smallest absolute Gasteiger partial charge is 0.232 e. The molecular formula is C31H39N3O2. The molecule has 4 rings (SSSR count). The van der Waals surface area contributed by atoms with Crippen LogP contribution in [0, 0.1) is 0 Å². The van der Waals surface area contributed by atoms with Gasteiger partial charge in [0.15, 0.2) is 0 Å². The predicted octanol–water partition coefficient (Wildman–Crippen LogP) is 4.73. The second-order valence-corrected chi connectivity index (χ2v) is 9.45. The number of anilines is 1. The number of piperazine rings is 1. The summed E-state index contributed by atoms with van der Waals surface area (Å²) in [7, 11) is 1.77. The van der Waals surface area contributed by atoms with Gasteiger partial charge in [-0.2, -0.15) is 0 Å². The van der Waals surface area contributed by atoms with Gasteiger partial charge in [0.05, 0.1) is 5.92 Å². The molecule has 0 aliphatic carbocycles. The summed E-state index contributed by atoms with van der Waals surface area (Å²) < 4.78 is 5.24. The lowest BCUT2D eigenvalue weighted by Crippen LogP contribution is -2.47. The van der Waals surface area contributed by atoms with Gasteiger partial charge in [-0.25, -0.2) is 0 Å². The van der Waals surface area contributed by atoms with E-state index in [1.54, 1.807) is 7.11 Å². The van der Waals surface area contributed by atoms with Gasteiger partial charge < -0.3 is 15.0 Å². The van der Waals surface area contributed by atoms with Gasteiger partial charge in [0.1, 0.15) is 0 Å². The third-order valence-corrected chi connectivity index (χ3v) is 6.98. The summed E-state index contributed by atoms with van der Waals surface area (Å²) in [5.41, 5.74) is 4.84. The highest BCUT2D eigenvalue weighted by Crippen LogP contribution is 2.25. The fraction of sp³-hybridized carbons (Fsp3) is 0.387. The van der Waals surface area contributed by atoms with Gasteiger partial charge >= 0.3 is 0 Å². The highest BCUT2D eigenvalue weighted by atomic mass is 16.5. The zero-order valence-electron chi connectivity index (χ0n) is 21.4. The van der Waals surface area contributed by atoms with E-state index in [4.69, 9.17) is 4.74 Å². The summed E-state index contributed by atoms with van der Waals surface area (Å²) >= 11 is 0. The number of aryl methyl sites for hydroxylation is 1. The maximum Gasteiger partial charge on any atom is 0.232 e. The van der Waals surface area contributed by atoms with Gasteiger partial charge in [-0.1, -0.05) is 78.9 Å². The molecule has 1 saturated heterocycles. The van der Waals surface area contributed by atoms with Crippen LogP contribution in [0.3, 0.4) is 0 Å². The predicted molar refractivity (Wildman–Crippen MR) is 148 cm³/mol. The number of para-hydroxylation sites is 1. The zero-order valence-corrected chi connectivity index (χ0v) is 21.4. The number of carbonyl (C=O) groups is 1. The monoisotopic (exact) mass is 485 g/mol. The quantitative estimate of drug-likeness (QED) is 0.377. The second kappa shape index (κ2) is 13.8. The van der Waals surface area contributed by atoms with Crippen molar-refractivity contribution < 1.29 is 9.53 Å². The van der Waals surface area contributed by atoms with Crippen LogP contribution in [0.5, 0.6) is 0 Å². The number of amides is 1. The Morgan fingerprint density at radius 1 is 0.833 bits per heavy atom. The molecule has 0 saturated carbocycles. The van der Waals surface area contributed by atoms with Crippen molar-refractivity contribution in [2.75, 3.05) is 57.9 Å². The van der Waals surface area contributed by atoms with Crippen molar-refractivity contribution in [3.8, 4) is 0 Å². The fourth-order valence-corrected chi connectivity index (χ4v) is 5.05. The largest absolute Gasteiger partial charge is 0.385 e. The molecule has 36 heavy (non-hydrogen) atoms. The van der Waals surface area contributed by atoms with Gasteiger partial charge in [-0.05, 0) is 48.6 Å². The van der Waals surface area contributed by atoms with Crippen LogP contribution >= 0.6 is 0 Å². The molecule has 5 nitrogen and oxygen atoms in total. The lowest BCUT2D eigenvalue weighted by molar-refractivity contribution is -0.121. The summed E-state index contributed by atoms with van der Waals surface area (Å²) in [5, 5.41) is 3.20. The van der Waals surface area contributed by atoms with Crippen molar-refractivity contribution in [3.63, 3.8) is 0 Å². The van der Waals surface area contributed by atoms with E-state index in [0.29, 0.717) is 6.54 Å². The molecule has 1 fully saturated rings. The molecule has 0 radical (unpaired) electrons. The number of methoxy groups -OCH3 is 1. The third kappa shape index (κ3) is 7.19. The molecule has 0 unspecified atom stereocenters. The molecule has 0 spiro atoms. The lowest BCUT2D eigenvalue weighted by Gasteiger charge is -2.37. The number of carbonyl (C=O) groups excluding carboxylic acids is 1. The first-order valence-corrected chi connectivity index (χ1v) is 13.2. The summed E-state index contributed by atoms with van der Waals surface area (Å²) in [6.07, 6.45) is 3.06. The van der Waals surface area contributed by atoms with E-state index in [2.05, 4.69) is 39.4 Å². The van der Waals surface area contributed by atoms with Gasteiger partial charge in [-0.15, -0.1) is 0 Å². The Kier molecular flexibility index (Phi) is 9.95. The molecule has 1 aliphatic rings. The third-order valence-electron chi connectivity index (χ3n) is 6.98. The maximum absolute atomic E-state index is 13.2. The average molecular weight is 486 g/mol. The van der Waals surface area contributed by atoms with E-state index in [1.165, 1.54) is 11.3 Å². The minimum Gasteiger partial charge on any atom is -0.385 e. The Labute approximate surface area is 216 Å². The van der Waals surface area contributed by atoms with Crippen LogP contribution in [0.4, 0.5) is 5.69 Å². The second-order valence-electron chi connectivity index (χ2n) is 9.45. The number of nitrogens with zero attached hydrogens (tertiary/aromatic N) is 2. The molecule has 0 bridgehead atoms. The molecule has 1 N–H and O–H groups in total. The lowest BCUT2D eigenvalue weighted by atomic mass is 9.90. The van der Waals surface area contributed by atoms with E-state index in [1.807, 2.05) is 60.7 Å². The molecule has 1 heterocycles. The molecule has 1 aliphatic heterocycles. The van der Waals surface area contributed by atoms with E-state index in [-0.39, 0.29) is 11.8 Å². The van der Waals surface area contributed by atoms with Crippen molar-refractivity contribution in [1.29, 1.82) is 0 Å². The highest BCUT2D eigenvalue weighted by Gasteiger charge is 2.22. The first-order valence-electron chi connectivity index (χ1n) is 13.2. The molecule has 0 atom stereocenters. The van der Waals surface area contributed by atoms with Crippen LogP contribution in [0.1, 0.15) is 35.4 Å².